The van der Waals surface area contributed by atoms with E-state index in [0.717, 1.165) is 38.5 Å². The van der Waals surface area contributed by atoms with Gasteiger partial charge in [0.15, 0.2) is 11.6 Å². The predicted molar refractivity (Wildman–Crippen MR) is 203 cm³/mol. The molecular formula is C42H74CaO6. The second-order valence-electron chi connectivity index (χ2n) is 13.8. The number of hydrogen-bond acceptors (Lipinski definition) is 6. The van der Waals surface area contributed by atoms with E-state index in [9.17, 15) is 29.4 Å². The Labute approximate surface area is 332 Å². The first-order valence-corrected chi connectivity index (χ1v) is 20.1. The van der Waals surface area contributed by atoms with E-state index >= 15 is 0 Å². The molecule has 0 atom stereocenters. The van der Waals surface area contributed by atoms with Crippen molar-refractivity contribution >= 4 is 61.2 Å². The van der Waals surface area contributed by atoms with E-state index in [4.69, 9.17) is 0 Å². The van der Waals surface area contributed by atoms with Gasteiger partial charge in [-0.15, -0.1) is 0 Å². The number of Topliss-reactive ketones (excluding diaryl/α,β-unsaturated/α-hetero) is 2. The van der Waals surface area contributed by atoms with E-state index in [1.165, 1.54) is 154 Å². The quantitative estimate of drug-likeness (QED) is 0.0210. The zero-order valence-electron chi connectivity index (χ0n) is 32.2. The van der Waals surface area contributed by atoms with Gasteiger partial charge in [0.2, 0.25) is 0 Å². The number of carbonyl (C=O) groups is 4. The van der Waals surface area contributed by atoms with E-state index < -0.39 is 11.9 Å². The Kier molecular flexibility index (Phi) is 44.3. The molecule has 0 rings (SSSR count). The van der Waals surface area contributed by atoms with Gasteiger partial charge in [0, 0.05) is 24.0 Å². The van der Waals surface area contributed by atoms with Crippen LogP contribution in [0.2, 0.25) is 0 Å². The van der Waals surface area contributed by atoms with Crippen LogP contribution in [0.25, 0.3) is 0 Å². The van der Waals surface area contributed by atoms with Crippen molar-refractivity contribution in [2.45, 2.75) is 219 Å². The molecule has 49 heavy (non-hydrogen) atoms. The molecule has 0 saturated carbocycles. The number of aliphatic carboxylic acids is 2. The largest absolute Gasteiger partial charge is 2.00 e. The number of ketones is 2. The maximum absolute atomic E-state index is 11.4. The van der Waals surface area contributed by atoms with Gasteiger partial charge in [-0.3, -0.25) is 9.59 Å². The van der Waals surface area contributed by atoms with Gasteiger partial charge >= 0.3 is 37.7 Å². The minimum Gasteiger partial charge on any atom is -0.545 e. The summed E-state index contributed by atoms with van der Waals surface area (Å²) in [6.07, 6.45) is 38.8. The van der Waals surface area contributed by atoms with Crippen molar-refractivity contribution in [2.75, 3.05) is 0 Å². The molecule has 0 aliphatic rings. The number of rotatable bonds is 36. The zero-order valence-corrected chi connectivity index (χ0v) is 34.4. The van der Waals surface area contributed by atoms with Crippen molar-refractivity contribution in [1.29, 1.82) is 0 Å². The molecule has 0 unspecified atom stereocenters. The molecule has 0 aromatic rings. The Bertz CT molecular complexity index is 769. The van der Waals surface area contributed by atoms with Crippen LogP contribution in [0.4, 0.5) is 0 Å². The van der Waals surface area contributed by atoms with Gasteiger partial charge in [0.1, 0.15) is 0 Å². The van der Waals surface area contributed by atoms with Gasteiger partial charge in [0.25, 0.3) is 0 Å². The molecule has 0 N–H and O–H groups in total. The molecule has 0 bridgehead atoms. The maximum atomic E-state index is 11.4. The molecule has 0 radical (unpaired) electrons. The fourth-order valence-electron chi connectivity index (χ4n) is 5.84. The number of carboxylic acid groups (broad SMARTS) is 2. The van der Waals surface area contributed by atoms with Gasteiger partial charge in [-0.1, -0.05) is 207 Å². The third kappa shape index (κ3) is 39.7. The first kappa shape index (κ1) is 52.4. The van der Waals surface area contributed by atoms with E-state index in [2.05, 4.69) is 27.0 Å². The topological polar surface area (TPSA) is 114 Å². The fraction of sp³-hybridized carbons (Fsp3) is 0.810. The minimum absolute atomic E-state index is 0. The molecule has 0 saturated heterocycles. The van der Waals surface area contributed by atoms with Gasteiger partial charge in [-0.05, 0) is 12.8 Å². The van der Waals surface area contributed by atoms with Crippen molar-refractivity contribution in [3.63, 3.8) is 0 Å². The predicted octanol–water partition coefficient (Wildman–Crippen LogP) is 9.87. The second-order valence-corrected chi connectivity index (χ2v) is 13.8. The van der Waals surface area contributed by atoms with Crippen LogP contribution in [0.15, 0.2) is 24.3 Å². The summed E-state index contributed by atoms with van der Waals surface area (Å²) in [5.41, 5.74) is -0.777. The Morgan fingerprint density at radius 2 is 0.510 bits per heavy atom. The van der Waals surface area contributed by atoms with E-state index in [0.29, 0.717) is 0 Å². The van der Waals surface area contributed by atoms with E-state index in [-0.39, 0.29) is 73.3 Å². The number of hydrogen-bond donors (Lipinski definition) is 0. The van der Waals surface area contributed by atoms with Crippen LogP contribution in [-0.2, 0) is 19.2 Å². The Balaban J connectivity index is -0.000000846. The summed E-state index contributed by atoms with van der Waals surface area (Å²) in [7, 11) is 0. The third-order valence-electron chi connectivity index (χ3n) is 9.18. The van der Waals surface area contributed by atoms with E-state index in [1.807, 2.05) is 0 Å². The summed E-state index contributed by atoms with van der Waals surface area (Å²) in [4.78, 5) is 43.7. The maximum Gasteiger partial charge on any atom is 2.00 e. The van der Waals surface area contributed by atoms with Gasteiger partial charge in [-0.25, -0.2) is 0 Å². The molecule has 0 aliphatic heterocycles. The molecule has 0 heterocycles. The molecule has 0 amide bonds. The molecule has 0 aromatic heterocycles. The summed E-state index contributed by atoms with van der Waals surface area (Å²) >= 11 is 0. The van der Waals surface area contributed by atoms with Crippen molar-refractivity contribution in [1.82, 2.24) is 0 Å². The second kappa shape index (κ2) is 41.4. The van der Waals surface area contributed by atoms with Crippen LogP contribution in [-0.4, -0.2) is 61.2 Å². The average Bonchev–Trinajstić information content (AvgIpc) is 3.07. The van der Waals surface area contributed by atoms with Crippen LogP contribution in [0.3, 0.4) is 0 Å². The summed E-state index contributed by atoms with van der Waals surface area (Å²) in [6.45, 7) is 11.0. The van der Waals surface area contributed by atoms with E-state index in [1.54, 1.807) is 0 Å². The first-order chi connectivity index (χ1) is 23.2. The Hall–Kier alpha value is -0.980. The summed E-state index contributed by atoms with van der Waals surface area (Å²) < 4.78 is 0. The molecule has 280 valence electrons. The number of unbranched alkanes of at least 4 members (excludes halogenated alkanes) is 28. The van der Waals surface area contributed by atoms with Crippen molar-refractivity contribution < 1.29 is 29.4 Å². The van der Waals surface area contributed by atoms with Crippen LogP contribution in [0.1, 0.15) is 219 Å². The number of carbonyl (C=O) groups excluding carboxylic acids is 4. The van der Waals surface area contributed by atoms with Crippen LogP contribution in [0.5, 0.6) is 0 Å². The molecule has 0 aromatic carbocycles. The number of carboxylic acids is 2. The van der Waals surface area contributed by atoms with Crippen molar-refractivity contribution in [3.8, 4) is 0 Å². The molecule has 6 nitrogen and oxygen atoms in total. The van der Waals surface area contributed by atoms with Crippen molar-refractivity contribution in [2.24, 2.45) is 0 Å². The standard InChI is InChI=1S/2C21H38O3.Ca/c2*1-3-4-5-6-7-8-9-10-11-12-13-14-15-16-17-18-20(22)19(2)21(23)24;/h2*2-18H2,1H3,(H,23,24);/q;;+2/p-2. The Morgan fingerprint density at radius 1 is 0.347 bits per heavy atom. The molecule has 0 aliphatic carbocycles. The van der Waals surface area contributed by atoms with Crippen LogP contribution in [0, 0.1) is 0 Å². The van der Waals surface area contributed by atoms with Crippen molar-refractivity contribution in [3.05, 3.63) is 24.3 Å². The normalized spacial score (nSPS) is 10.5. The zero-order chi connectivity index (χ0) is 36.1. The molecular weight excluding hydrogens is 641 g/mol. The smallest absolute Gasteiger partial charge is 0.545 e. The Morgan fingerprint density at radius 3 is 0.673 bits per heavy atom. The monoisotopic (exact) mass is 715 g/mol. The van der Waals surface area contributed by atoms with Crippen LogP contribution >= 0.6 is 0 Å². The first-order valence-electron chi connectivity index (χ1n) is 20.1. The van der Waals surface area contributed by atoms with Gasteiger partial charge in [0.05, 0.1) is 11.9 Å². The van der Waals surface area contributed by atoms with Gasteiger partial charge < -0.3 is 19.8 Å². The minimum atomic E-state index is -1.44. The molecule has 0 fully saturated rings. The summed E-state index contributed by atoms with van der Waals surface area (Å²) in [5, 5.41) is 20.9. The fourth-order valence-corrected chi connectivity index (χ4v) is 5.84. The summed E-state index contributed by atoms with van der Waals surface area (Å²) in [5.74, 6) is -3.66. The molecule has 7 heteroatoms. The molecule has 0 spiro atoms. The average molecular weight is 715 g/mol. The summed E-state index contributed by atoms with van der Waals surface area (Å²) in [6, 6.07) is 0. The third-order valence-corrected chi connectivity index (χ3v) is 9.18. The van der Waals surface area contributed by atoms with Crippen LogP contribution < -0.4 is 10.2 Å². The SMILES string of the molecule is C=C(C(=O)[O-])C(=O)CCCCCCCCCCCCCCCCC.C=C(C(=O)[O-])C(=O)CCCCCCCCCCCCCCCCC.[Ca+2]. The van der Waals surface area contributed by atoms with Gasteiger partial charge in [-0.2, -0.15) is 0 Å².